The molecule has 7 nitrogen and oxygen atoms in total. The predicted octanol–water partition coefficient (Wildman–Crippen LogP) is 2.14. The molecule has 1 aliphatic carbocycles. The van der Waals surface area contributed by atoms with Gasteiger partial charge in [-0.05, 0) is 43.9 Å². The number of carbonyl (C=O) groups is 2. The van der Waals surface area contributed by atoms with E-state index < -0.39 is 5.60 Å². The van der Waals surface area contributed by atoms with Crippen molar-refractivity contribution >= 4 is 11.8 Å². The van der Waals surface area contributed by atoms with Gasteiger partial charge in [0.05, 0.1) is 24.6 Å². The van der Waals surface area contributed by atoms with E-state index in [0.717, 1.165) is 25.7 Å². The first-order valence-corrected chi connectivity index (χ1v) is 9.89. The monoisotopic (exact) mass is 382 g/mol. The van der Waals surface area contributed by atoms with Crippen molar-refractivity contribution in [2.24, 2.45) is 5.92 Å². The van der Waals surface area contributed by atoms with Crippen molar-refractivity contribution in [2.45, 2.75) is 50.8 Å². The minimum atomic E-state index is -0.399. The number of nitrogens with one attached hydrogen (secondary N) is 2. The Bertz CT molecular complexity index is 841. The molecule has 1 aromatic carbocycles. The Balaban J connectivity index is 1.34. The second-order valence-corrected chi connectivity index (χ2v) is 7.88. The van der Waals surface area contributed by atoms with Gasteiger partial charge in [-0.2, -0.15) is 5.10 Å². The van der Waals surface area contributed by atoms with E-state index in [1.54, 1.807) is 16.9 Å². The van der Waals surface area contributed by atoms with Crippen LogP contribution in [0.5, 0.6) is 5.75 Å². The highest BCUT2D eigenvalue weighted by Crippen LogP contribution is 2.36. The van der Waals surface area contributed by atoms with Crippen molar-refractivity contribution < 1.29 is 14.3 Å². The number of amides is 2. The summed E-state index contributed by atoms with van der Waals surface area (Å²) < 4.78 is 8.10. The Hall–Kier alpha value is -2.83. The van der Waals surface area contributed by atoms with Gasteiger partial charge in [-0.3, -0.25) is 14.3 Å². The standard InChI is InChI=1S/C21H26N4O3/c1-15(13-25-12-4-11-23-25)19(26)24-16-7-9-21(10-8-16)14-22-20(27)17-5-2-3-6-18(17)28-21/h2-6,11-12,15-16H,7-10,13-14H2,1H3,(H,22,27)(H,24,26)/t15-,16?,21?/m1/s1. The molecule has 1 fully saturated rings. The van der Waals surface area contributed by atoms with Crippen LogP contribution >= 0.6 is 0 Å². The quantitative estimate of drug-likeness (QED) is 0.848. The van der Waals surface area contributed by atoms with E-state index in [1.165, 1.54) is 0 Å². The van der Waals surface area contributed by atoms with Crippen molar-refractivity contribution in [1.82, 2.24) is 20.4 Å². The summed E-state index contributed by atoms with van der Waals surface area (Å²) in [5.41, 5.74) is 0.187. The number of aromatic nitrogens is 2. The minimum absolute atomic E-state index is 0.0527. The first kappa shape index (κ1) is 18.5. The van der Waals surface area contributed by atoms with E-state index in [2.05, 4.69) is 15.7 Å². The maximum Gasteiger partial charge on any atom is 0.255 e. The van der Waals surface area contributed by atoms with Gasteiger partial charge in [0.2, 0.25) is 5.91 Å². The molecular formula is C21H26N4O3. The Labute approximate surface area is 164 Å². The van der Waals surface area contributed by atoms with Crippen LogP contribution in [0, 0.1) is 5.92 Å². The van der Waals surface area contributed by atoms with Crippen molar-refractivity contribution in [2.75, 3.05) is 6.54 Å². The molecular weight excluding hydrogens is 356 g/mol. The third-order valence-corrected chi connectivity index (χ3v) is 5.74. The molecule has 1 spiro atoms. The SMILES string of the molecule is C[C@H](Cn1cccn1)C(=O)NC1CCC2(CC1)CNC(=O)c1ccccc1O2. The van der Waals surface area contributed by atoms with Crippen LogP contribution in [-0.2, 0) is 11.3 Å². The van der Waals surface area contributed by atoms with E-state index in [9.17, 15) is 9.59 Å². The van der Waals surface area contributed by atoms with Gasteiger partial charge in [0.25, 0.3) is 5.91 Å². The highest BCUT2D eigenvalue weighted by atomic mass is 16.5. The molecule has 1 saturated carbocycles. The second kappa shape index (κ2) is 7.66. The summed E-state index contributed by atoms with van der Waals surface area (Å²) in [4.78, 5) is 24.8. The first-order valence-electron chi connectivity index (χ1n) is 9.89. The van der Waals surface area contributed by atoms with Crippen LogP contribution in [0.15, 0.2) is 42.7 Å². The molecule has 1 atom stereocenters. The number of carbonyl (C=O) groups excluding carboxylic acids is 2. The molecule has 148 valence electrons. The van der Waals surface area contributed by atoms with Crippen LogP contribution in [0.3, 0.4) is 0 Å². The summed E-state index contributed by atoms with van der Waals surface area (Å²) in [6.45, 7) is 2.99. The zero-order chi connectivity index (χ0) is 19.6. The topological polar surface area (TPSA) is 85.3 Å². The summed E-state index contributed by atoms with van der Waals surface area (Å²) >= 11 is 0. The smallest absolute Gasteiger partial charge is 0.255 e. The molecule has 2 N–H and O–H groups in total. The summed E-state index contributed by atoms with van der Waals surface area (Å²) in [5.74, 6) is 0.469. The van der Waals surface area contributed by atoms with Crippen molar-refractivity contribution in [3.05, 3.63) is 48.3 Å². The Morgan fingerprint density at radius 3 is 2.89 bits per heavy atom. The van der Waals surface area contributed by atoms with Gasteiger partial charge in [0, 0.05) is 18.4 Å². The molecule has 0 bridgehead atoms. The lowest BCUT2D eigenvalue weighted by Gasteiger charge is -2.39. The maximum atomic E-state index is 12.5. The van der Waals surface area contributed by atoms with Crippen molar-refractivity contribution in [3.8, 4) is 5.75 Å². The number of rotatable bonds is 4. The van der Waals surface area contributed by atoms with Gasteiger partial charge < -0.3 is 15.4 Å². The van der Waals surface area contributed by atoms with E-state index in [-0.39, 0.29) is 23.8 Å². The predicted molar refractivity (Wildman–Crippen MR) is 104 cm³/mol. The number of para-hydroxylation sites is 1. The first-order chi connectivity index (χ1) is 13.5. The number of ether oxygens (including phenoxy) is 1. The Morgan fingerprint density at radius 2 is 2.14 bits per heavy atom. The molecule has 2 amide bonds. The van der Waals surface area contributed by atoms with E-state index in [0.29, 0.717) is 24.4 Å². The number of nitrogens with zero attached hydrogens (tertiary/aromatic N) is 2. The fourth-order valence-corrected chi connectivity index (χ4v) is 4.03. The van der Waals surface area contributed by atoms with Crippen LogP contribution in [-0.4, -0.2) is 39.8 Å². The Morgan fingerprint density at radius 1 is 1.36 bits per heavy atom. The maximum absolute atomic E-state index is 12.5. The van der Waals surface area contributed by atoms with Gasteiger partial charge in [0.15, 0.2) is 0 Å². The highest BCUT2D eigenvalue weighted by Gasteiger charge is 2.40. The third-order valence-electron chi connectivity index (χ3n) is 5.74. The van der Waals surface area contributed by atoms with Crippen LogP contribution < -0.4 is 15.4 Å². The average Bonchev–Trinajstić information content (AvgIpc) is 3.16. The van der Waals surface area contributed by atoms with Gasteiger partial charge in [-0.25, -0.2) is 0 Å². The summed E-state index contributed by atoms with van der Waals surface area (Å²) in [5, 5.41) is 10.3. The normalized spacial score (nSPS) is 25.2. The summed E-state index contributed by atoms with van der Waals surface area (Å²) in [7, 11) is 0. The molecule has 1 aromatic heterocycles. The van der Waals surface area contributed by atoms with E-state index in [1.807, 2.05) is 37.4 Å². The molecule has 0 radical (unpaired) electrons. The number of benzene rings is 1. The second-order valence-electron chi connectivity index (χ2n) is 7.88. The molecule has 0 saturated heterocycles. The molecule has 2 aromatic rings. The van der Waals surface area contributed by atoms with Crippen LogP contribution in [0.1, 0.15) is 43.0 Å². The molecule has 2 heterocycles. The van der Waals surface area contributed by atoms with Crippen LogP contribution in [0.4, 0.5) is 0 Å². The zero-order valence-electron chi connectivity index (χ0n) is 16.1. The molecule has 1 aliphatic heterocycles. The van der Waals surface area contributed by atoms with Gasteiger partial charge in [0.1, 0.15) is 11.4 Å². The molecule has 7 heteroatoms. The van der Waals surface area contributed by atoms with Crippen LogP contribution in [0.2, 0.25) is 0 Å². The van der Waals surface area contributed by atoms with Gasteiger partial charge >= 0.3 is 0 Å². The molecule has 0 unspecified atom stereocenters. The van der Waals surface area contributed by atoms with Crippen LogP contribution in [0.25, 0.3) is 0 Å². The van der Waals surface area contributed by atoms with E-state index in [4.69, 9.17) is 4.74 Å². The highest BCUT2D eigenvalue weighted by molar-refractivity contribution is 5.97. The lowest BCUT2D eigenvalue weighted by atomic mass is 9.81. The van der Waals surface area contributed by atoms with E-state index >= 15 is 0 Å². The zero-order valence-corrected chi connectivity index (χ0v) is 16.1. The lowest BCUT2D eigenvalue weighted by molar-refractivity contribution is -0.126. The lowest BCUT2D eigenvalue weighted by Crippen LogP contribution is -2.51. The number of hydrogen-bond acceptors (Lipinski definition) is 4. The van der Waals surface area contributed by atoms with Crippen molar-refractivity contribution in [3.63, 3.8) is 0 Å². The summed E-state index contributed by atoms with van der Waals surface area (Å²) in [6.07, 6.45) is 6.83. The number of hydrogen-bond donors (Lipinski definition) is 2. The molecule has 28 heavy (non-hydrogen) atoms. The molecule has 2 aliphatic rings. The molecule has 4 rings (SSSR count). The average molecular weight is 382 g/mol. The largest absolute Gasteiger partial charge is 0.485 e. The Kier molecular flexibility index (Phi) is 5.07. The third kappa shape index (κ3) is 3.88. The van der Waals surface area contributed by atoms with Gasteiger partial charge in [-0.1, -0.05) is 19.1 Å². The van der Waals surface area contributed by atoms with Gasteiger partial charge in [-0.15, -0.1) is 0 Å². The number of fused-ring (bicyclic) bond motifs is 1. The fraction of sp³-hybridized carbons (Fsp3) is 0.476. The minimum Gasteiger partial charge on any atom is -0.485 e. The summed E-state index contributed by atoms with van der Waals surface area (Å²) in [6, 6.07) is 9.36. The fourth-order valence-electron chi connectivity index (χ4n) is 4.03. The van der Waals surface area contributed by atoms with Crippen molar-refractivity contribution in [1.29, 1.82) is 0 Å².